The summed E-state index contributed by atoms with van der Waals surface area (Å²) in [5, 5.41) is 4.44. The summed E-state index contributed by atoms with van der Waals surface area (Å²) in [5.74, 6) is 0.686. The van der Waals surface area contributed by atoms with Gasteiger partial charge in [-0.1, -0.05) is 54.1 Å². The molecule has 28 heavy (non-hydrogen) atoms. The highest BCUT2D eigenvalue weighted by Gasteiger charge is 2.10. The molecule has 1 amide bonds. The second-order valence-electron chi connectivity index (χ2n) is 6.47. The number of nitrogens with one attached hydrogen (secondary N) is 1. The Hall–Kier alpha value is -3.24. The normalized spacial score (nSPS) is 10.8. The Morgan fingerprint density at radius 3 is 2.61 bits per heavy atom. The van der Waals surface area contributed by atoms with Crippen molar-refractivity contribution in [1.29, 1.82) is 0 Å². The fraction of sp³-hybridized carbons (Fsp3) is 0.0870. The third-order valence-electron chi connectivity index (χ3n) is 4.43. The number of benzene rings is 3. The summed E-state index contributed by atoms with van der Waals surface area (Å²) in [7, 11) is 0. The molecule has 0 saturated carbocycles. The van der Waals surface area contributed by atoms with Gasteiger partial charge < -0.3 is 14.6 Å². The molecular formula is C23H19ClN2O2. The number of carbonyl (C=O) groups is 1. The van der Waals surface area contributed by atoms with E-state index in [1.54, 1.807) is 18.2 Å². The van der Waals surface area contributed by atoms with Gasteiger partial charge in [0.1, 0.15) is 18.9 Å². The molecule has 1 N–H and O–H groups in total. The van der Waals surface area contributed by atoms with E-state index in [0.717, 1.165) is 22.2 Å². The van der Waals surface area contributed by atoms with Crippen LogP contribution in [0.2, 0.25) is 5.02 Å². The minimum Gasteiger partial charge on any atom is -0.488 e. The molecule has 0 fully saturated rings. The summed E-state index contributed by atoms with van der Waals surface area (Å²) in [4.78, 5) is 12.4. The van der Waals surface area contributed by atoms with Crippen molar-refractivity contribution in [2.24, 2.45) is 0 Å². The first-order valence-electron chi connectivity index (χ1n) is 8.99. The first-order valence-corrected chi connectivity index (χ1v) is 9.37. The average Bonchev–Trinajstić information content (AvgIpc) is 3.10. The predicted octanol–water partition coefficient (Wildman–Crippen LogP) is 5.51. The summed E-state index contributed by atoms with van der Waals surface area (Å²) in [6.45, 7) is 0.707. The first kappa shape index (κ1) is 18.1. The van der Waals surface area contributed by atoms with E-state index in [0.29, 0.717) is 17.3 Å². The van der Waals surface area contributed by atoms with Crippen LogP contribution < -0.4 is 10.1 Å². The molecule has 3 aromatic carbocycles. The highest BCUT2D eigenvalue weighted by atomic mass is 35.5. The van der Waals surface area contributed by atoms with Crippen LogP contribution in [0.25, 0.3) is 10.9 Å². The largest absolute Gasteiger partial charge is 0.488 e. The van der Waals surface area contributed by atoms with Gasteiger partial charge in [-0.15, -0.1) is 0 Å². The molecule has 5 heteroatoms. The Balaban J connectivity index is 1.49. The van der Waals surface area contributed by atoms with E-state index in [-0.39, 0.29) is 12.5 Å². The fourth-order valence-electron chi connectivity index (χ4n) is 3.12. The molecule has 0 atom stereocenters. The lowest BCUT2D eigenvalue weighted by Gasteiger charge is -2.10. The van der Waals surface area contributed by atoms with Crippen LogP contribution in [0, 0.1) is 0 Å². The molecular weight excluding hydrogens is 372 g/mol. The number of nitrogens with zero attached hydrogens (tertiary/aromatic N) is 1. The molecule has 0 aliphatic heterocycles. The fourth-order valence-corrected chi connectivity index (χ4v) is 3.31. The van der Waals surface area contributed by atoms with E-state index in [2.05, 4.69) is 5.32 Å². The number of amides is 1. The Kier molecular flexibility index (Phi) is 5.31. The molecule has 0 unspecified atom stereocenters. The van der Waals surface area contributed by atoms with Crippen LogP contribution in [-0.4, -0.2) is 10.5 Å². The van der Waals surface area contributed by atoms with Crippen LogP contribution in [0.3, 0.4) is 0 Å². The Morgan fingerprint density at radius 2 is 1.79 bits per heavy atom. The van der Waals surface area contributed by atoms with Crippen LogP contribution in [0.15, 0.2) is 85.1 Å². The van der Waals surface area contributed by atoms with Crippen molar-refractivity contribution in [3.63, 3.8) is 0 Å². The van der Waals surface area contributed by atoms with Gasteiger partial charge in [-0.05, 0) is 42.0 Å². The second-order valence-corrected chi connectivity index (χ2v) is 6.90. The van der Waals surface area contributed by atoms with Crippen LogP contribution in [0.5, 0.6) is 5.75 Å². The molecule has 4 nitrogen and oxygen atoms in total. The lowest BCUT2D eigenvalue weighted by Crippen LogP contribution is -2.18. The molecule has 1 heterocycles. The minimum atomic E-state index is -0.115. The number of aromatic nitrogens is 1. The highest BCUT2D eigenvalue weighted by molar-refractivity contribution is 6.30. The molecule has 0 radical (unpaired) electrons. The van der Waals surface area contributed by atoms with Crippen molar-refractivity contribution in [3.05, 3.63) is 95.6 Å². The molecule has 0 aliphatic rings. The number of hydrogen-bond donors (Lipinski definition) is 1. The van der Waals surface area contributed by atoms with E-state index in [1.165, 1.54) is 0 Å². The van der Waals surface area contributed by atoms with Crippen molar-refractivity contribution >= 4 is 34.1 Å². The van der Waals surface area contributed by atoms with Gasteiger partial charge in [0.25, 0.3) is 0 Å². The molecule has 0 saturated heterocycles. The van der Waals surface area contributed by atoms with Gasteiger partial charge in [0, 0.05) is 22.3 Å². The number of halogens is 1. The summed E-state index contributed by atoms with van der Waals surface area (Å²) in [6.07, 6.45) is 1.90. The van der Waals surface area contributed by atoms with Gasteiger partial charge in [-0.2, -0.15) is 0 Å². The highest BCUT2D eigenvalue weighted by Crippen LogP contribution is 2.27. The van der Waals surface area contributed by atoms with Gasteiger partial charge >= 0.3 is 0 Å². The molecule has 4 rings (SSSR count). The van der Waals surface area contributed by atoms with E-state index in [1.807, 2.05) is 71.4 Å². The Morgan fingerprint density at radius 1 is 0.964 bits per heavy atom. The Bertz CT molecular complexity index is 1110. The minimum absolute atomic E-state index is 0.115. The van der Waals surface area contributed by atoms with Gasteiger partial charge in [0.2, 0.25) is 5.91 Å². The quantitative estimate of drug-likeness (QED) is 0.471. The maximum Gasteiger partial charge on any atom is 0.244 e. The van der Waals surface area contributed by atoms with Gasteiger partial charge in [-0.25, -0.2) is 0 Å². The van der Waals surface area contributed by atoms with Crippen molar-refractivity contribution in [3.8, 4) is 5.75 Å². The molecule has 0 aliphatic carbocycles. The maximum atomic E-state index is 12.4. The molecule has 4 aromatic rings. The lowest BCUT2D eigenvalue weighted by atomic mass is 10.2. The third kappa shape index (κ3) is 4.18. The van der Waals surface area contributed by atoms with E-state index < -0.39 is 0 Å². The smallest absolute Gasteiger partial charge is 0.244 e. The standard InChI is InChI=1S/C23H19ClN2O2/c24-18-8-4-9-19(14-18)25-23(27)15-26-13-12-20-21(26)10-5-11-22(20)28-16-17-6-2-1-3-7-17/h1-14H,15-16H2,(H,25,27). The number of fused-ring (bicyclic) bond motifs is 1. The van der Waals surface area contributed by atoms with Crippen molar-refractivity contribution < 1.29 is 9.53 Å². The van der Waals surface area contributed by atoms with Crippen LogP contribution in [0.4, 0.5) is 5.69 Å². The number of rotatable bonds is 6. The van der Waals surface area contributed by atoms with Crippen LogP contribution >= 0.6 is 11.6 Å². The number of carbonyl (C=O) groups excluding carboxylic acids is 1. The summed E-state index contributed by atoms with van der Waals surface area (Å²) < 4.78 is 7.91. The predicted molar refractivity (Wildman–Crippen MR) is 113 cm³/mol. The van der Waals surface area contributed by atoms with Gasteiger partial charge in [0.05, 0.1) is 5.52 Å². The molecule has 1 aromatic heterocycles. The zero-order valence-corrected chi connectivity index (χ0v) is 15.9. The first-order chi connectivity index (χ1) is 13.7. The van der Waals surface area contributed by atoms with E-state index >= 15 is 0 Å². The summed E-state index contributed by atoms with van der Waals surface area (Å²) in [5.41, 5.74) is 2.74. The molecule has 0 spiro atoms. The number of hydrogen-bond acceptors (Lipinski definition) is 2. The van der Waals surface area contributed by atoms with Crippen LogP contribution in [0.1, 0.15) is 5.56 Å². The molecule has 140 valence electrons. The molecule has 0 bridgehead atoms. The number of anilines is 1. The Labute approximate surface area is 168 Å². The van der Waals surface area contributed by atoms with Crippen molar-refractivity contribution in [2.75, 3.05) is 5.32 Å². The third-order valence-corrected chi connectivity index (χ3v) is 4.67. The lowest BCUT2D eigenvalue weighted by molar-refractivity contribution is -0.116. The maximum absolute atomic E-state index is 12.4. The van der Waals surface area contributed by atoms with Crippen LogP contribution in [-0.2, 0) is 17.9 Å². The topological polar surface area (TPSA) is 43.3 Å². The van der Waals surface area contributed by atoms with E-state index in [9.17, 15) is 4.79 Å². The van der Waals surface area contributed by atoms with Crippen molar-refractivity contribution in [1.82, 2.24) is 4.57 Å². The number of ether oxygens (including phenoxy) is 1. The zero-order valence-electron chi connectivity index (χ0n) is 15.1. The average molecular weight is 391 g/mol. The summed E-state index contributed by atoms with van der Waals surface area (Å²) in [6, 6.07) is 25.0. The SMILES string of the molecule is O=C(Cn1ccc2c(OCc3ccccc3)cccc21)Nc1cccc(Cl)c1. The second kappa shape index (κ2) is 8.19. The summed E-state index contributed by atoms with van der Waals surface area (Å²) >= 11 is 5.97. The van der Waals surface area contributed by atoms with E-state index in [4.69, 9.17) is 16.3 Å². The van der Waals surface area contributed by atoms with Gasteiger partial charge in [0.15, 0.2) is 0 Å². The zero-order chi connectivity index (χ0) is 19.3. The monoisotopic (exact) mass is 390 g/mol. The van der Waals surface area contributed by atoms with Crippen molar-refractivity contribution in [2.45, 2.75) is 13.2 Å². The van der Waals surface area contributed by atoms with Gasteiger partial charge in [-0.3, -0.25) is 4.79 Å².